The van der Waals surface area contributed by atoms with E-state index in [0.29, 0.717) is 51.6 Å². The molecule has 0 amide bonds. The van der Waals surface area contributed by atoms with E-state index in [1.807, 2.05) is 6.07 Å². The SMILES string of the molecule is COc1cc2c(cc1OC)CN(c1ncnc3c(N4CCOCC4)nc(N4CCC(=O)CC4)nc13)CC2. The van der Waals surface area contributed by atoms with Crippen molar-refractivity contribution in [3.63, 3.8) is 0 Å². The van der Waals surface area contributed by atoms with Crippen molar-refractivity contribution in [2.75, 3.05) is 74.9 Å². The predicted molar refractivity (Wildman–Crippen MR) is 139 cm³/mol. The van der Waals surface area contributed by atoms with Crippen molar-refractivity contribution in [3.05, 3.63) is 29.6 Å². The maximum Gasteiger partial charge on any atom is 0.228 e. The Kier molecular flexibility index (Phi) is 6.37. The number of ketones is 1. The zero-order valence-electron chi connectivity index (χ0n) is 21.3. The number of methoxy groups -OCH3 is 2. The van der Waals surface area contributed by atoms with Crippen molar-refractivity contribution in [2.24, 2.45) is 0 Å². The monoisotopic (exact) mass is 505 g/mol. The Hall–Kier alpha value is -3.73. The van der Waals surface area contributed by atoms with Crippen LogP contribution in [0.2, 0.25) is 0 Å². The highest BCUT2D eigenvalue weighted by atomic mass is 16.5. The van der Waals surface area contributed by atoms with Gasteiger partial charge >= 0.3 is 0 Å². The number of piperidine rings is 1. The van der Waals surface area contributed by atoms with Crippen LogP contribution in [0.15, 0.2) is 18.5 Å². The smallest absolute Gasteiger partial charge is 0.228 e. The predicted octanol–water partition coefficient (Wildman–Crippen LogP) is 2.01. The Bertz CT molecular complexity index is 1320. The van der Waals surface area contributed by atoms with E-state index in [1.54, 1.807) is 20.5 Å². The molecule has 0 unspecified atom stereocenters. The van der Waals surface area contributed by atoms with E-state index in [-0.39, 0.29) is 5.78 Å². The molecule has 1 aromatic carbocycles. The molecule has 0 spiro atoms. The van der Waals surface area contributed by atoms with Crippen LogP contribution in [0.25, 0.3) is 11.0 Å². The average molecular weight is 506 g/mol. The van der Waals surface area contributed by atoms with Crippen molar-refractivity contribution < 1.29 is 19.0 Å². The fourth-order valence-electron chi connectivity index (χ4n) is 5.30. The maximum absolute atomic E-state index is 11.9. The third-order valence-corrected chi connectivity index (χ3v) is 7.36. The van der Waals surface area contributed by atoms with Crippen LogP contribution < -0.4 is 24.2 Å². The van der Waals surface area contributed by atoms with Crippen LogP contribution in [-0.4, -0.2) is 85.9 Å². The second-order valence-electron chi connectivity index (χ2n) is 9.51. The molecular formula is C26H31N7O4. The summed E-state index contributed by atoms with van der Waals surface area (Å²) >= 11 is 0. The van der Waals surface area contributed by atoms with Gasteiger partial charge in [0.1, 0.15) is 23.1 Å². The Balaban J connectivity index is 1.42. The number of benzene rings is 1. The molecule has 3 aliphatic heterocycles. The number of rotatable bonds is 5. The minimum Gasteiger partial charge on any atom is -0.493 e. The van der Waals surface area contributed by atoms with E-state index in [4.69, 9.17) is 29.2 Å². The molecule has 2 aromatic heterocycles. The van der Waals surface area contributed by atoms with Crippen LogP contribution in [-0.2, 0) is 22.5 Å². The largest absolute Gasteiger partial charge is 0.493 e. The van der Waals surface area contributed by atoms with Crippen molar-refractivity contribution in [3.8, 4) is 11.5 Å². The van der Waals surface area contributed by atoms with Gasteiger partial charge < -0.3 is 28.9 Å². The molecule has 11 nitrogen and oxygen atoms in total. The van der Waals surface area contributed by atoms with E-state index < -0.39 is 0 Å². The Morgan fingerprint density at radius 1 is 0.757 bits per heavy atom. The molecule has 0 atom stereocenters. The van der Waals surface area contributed by atoms with Gasteiger partial charge in [0, 0.05) is 52.1 Å². The number of carbonyl (C=O) groups excluding carboxylic acids is 1. The standard InChI is InChI=1S/C26H31N7O4/c1-35-20-13-17-3-6-33(15-18(17)14-21(20)36-2)24-23-22(27-16-28-24)25(31-9-11-37-12-10-31)30-26(29-23)32-7-4-19(34)5-8-32/h13-14,16H,3-12,15H2,1-2H3. The zero-order valence-corrected chi connectivity index (χ0v) is 21.3. The molecular weight excluding hydrogens is 474 g/mol. The number of morpholine rings is 1. The normalized spacial score (nSPS) is 18.2. The van der Waals surface area contributed by atoms with Crippen LogP contribution in [0, 0.1) is 0 Å². The highest BCUT2D eigenvalue weighted by Crippen LogP contribution is 2.36. The van der Waals surface area contributed by atoms with Gasteiger partial charge in [-0.25, -0.2) is 15.0 Å². The minimum absolute atomic E-state index is 0.286. The molecule has 5 heterocycles. The lowest BCUT2D eigenvalue weighted by atomic mass is 9.98. The van der Waals surface area contributed by atoms with Crippen molar-refractivity contribution >= 4 is 34.4 Å². The summed E-state index contributed by atoms with van der Waals surface area (Å²) in [7, 11) is 3.32. The Labute approximate surface area is 215 Å². The second kappa shape index (κ2) is 9.97. The van der Waals surface area contributed by atoms with Crippen LogP contribution in [0.3, 0.4) is 0 Å². The summed E-state index contributed by atoms with van der Waals surface area (Å²) < 4.78 is 16.6. The van der Waals surface area contributed by atoms with E-state index in [1.165, 1.54) is 11.1 Å². The molecule has 0 radical (unpaired) electrons. The number of ether oxygens (including phenoxy) is 3. The fraction of sp³-hybridized carbons (Fsp3) is 0.500. The van der Waals surface area contributed by atoms with Gasteiger partial charge in [-0.3, -0.25) is 4.79 Å². The highest BCUT2D eigenvalue weighted by molar-refractivity contribution is 5.94. The van der Waals surface area contributed by atoms with Gasteiger partial charge in [0.15, 0.2) is 23.1 Å². The van der Waals surface area contributed by atoms with Gasteiger partial charge in [-0.1, -0.05) is 0 Å². The molecule has 0 N–H and O–H groups in total. The molecule has 194 valence electrons. The minimum atomic E-state index is 0.286. The lowest BCUT2D eigenvalue weighted by molar-refractivity contribution is -0.119. The van der Waals surface area contributed by atoms with Crippen molar-refractivity contribution in [1.82, 2.24) is 19.9 Å². The maximum atomic E-state index is 11.9. The van der Waals surface area contributed by atoms with E-state index >= 15 is 0 Å². The number of nitrogens with zero attached hydrogens (tertiary/aromatic N) is 7. The van der Waals surface area contributed by atoms with Gasteiger partial charge in [-0.2, -0.15) is 4.98 Å². The van der Waals surface area contributed by atoms with Gasteiger partial charge in [0.2, 0.25) is 5.95 Å². The number of carbonyl (C=O) groups is 1. The third-order valence-electron chi connectivity index (χ3n) is 7.36. The molecule has 6 rings (SSSR count). The molecule has 3 aliphatic rings. The second-order valence-corrected chi connectivity index (χ2v) is 9.51. The quantitative estimate of drug-likeness (QED) is 0.508. The molecule has 2 saturated heterocycles. The molecule has 0 saturated carbocycles. The summed E-state index contributed by atoms with van der Waals surface area (Å²) in [6.45, 7) is 5.47. The zero-order chi connectivity index (χ0) is 25.4. The lowest BCUT2D eigenvalue weighted by Gasteiger charge is -2.33. The first-order valence-corrected chi connectivity index (χ1v) is 12.8. The van der Waals surface area contributed by atoms with Crippen molar-refractivity contribution in [1.29, 1.82) is 0 Å². The molecule has 0 aliphatic carbocycles. The fourth-order valence-corrected chi connectivity index (χ4v) is 5.30. The highest BCUT2D eigenvalue weighted by Gasteiger charge is 2.27. The van der Waals surface area contributed by atoms with Crippen LogP contribution in [0.5, 0.6) is 11.5 Å². The topological polar surface area (TPSA) is 106 Å². The summed E-state index contributed by atoms with van der Waals surface area (Å²) in [5.41, 5.74) is 3.89. The van der Waals surface area contributed by atoms with Gasteiger partial charge in [0.05, 0.1) is 27.4 Å². The number of fused-ring (bicyclic) bond motifs is 2. The molecule has 0 bridgehead atoms. The summed E-state index contributed by atoms with van der Waals surface area (Å²) in [6.07, 6.45) is 3.49. The Morgan fingerprint density at radius 3 is 2.19 bits per heavy atom. The average Bonchev–Trinajstić information content (AvgIpc) is 2.96. The molecule has 11 heteroatoms. The first kappa shape index (κ1) is 23.7. The molecule has 2 fully saturated rings. The third kappa shape index (κ3) is 4.48. The van der Waals surface area contributed by atoms with Gasteiger partial charge in [-0.05, 0) is 29.7 Å². The summed E-state index contributed by atoms with van der Waals surface area (Å²) in [5, 5.41) is 0. The van der Waals surface area contributed by atoms with Crippen LogP contribution in [0.4, 0.5) is 17.6 Å². The van der Waals surface area contributed by atoms with Gasteiger partial charge in [-0.15, -0.1) is 0 Å². The molecule has 3 aromatic rings. The number of Topliss-reactive ketones (excluding diaryl/α,β-unsaturated/α-hetero) is 1. The van der Waals surface area contributed by atoms with Crippen molar-refractivity contribution in [2.45, 2.75) is 25.8 Å². The van der Waals surface area contributed by atoms with Crippen LogP contribution >= 0.6 is 0 Å². The first-order valence-electron chi connectivity index (χ1n) is 12.8. The molecule has 37 heavy (non-hydrogen) atoms. The van der Waals surface area contributed by atoms with E-state index in [0.717, 1.165) is 60.2 Å². The number of hydrogen-bond donors (Lipinski definition) is 0. The Morgan fingerprint density at radius 2 is 1.46 bits per heavy atom. The van der Waals surface area contributed by atoms with E-state index in [2.05, 4.69) is 25.8 Å². The number of hydrogen-bond acceptors (Lipinski definition) is 11. The van der Waals surface area contributed by atoms with Gasteiger partial charge in [0.25, 0.3) is 0 Å². The van der Waals surface area contributed by atoms with Crippen LogP contribution in [0.1, 0.15) is 24.0 Å². The summed E-state index contributed by atoms with van der Waals surface area (Å²) in [5.74, 6) is 3.96. The lowest BCUT2D eigenvalue weighted by Crippen LogP contribution is -2.39. The number of aromatic nitrogens is 4. The summed E-state index contributed by atoms with van der Waals surface area (Å²) in [6, 6.07) is 4.12. The number of anilines is 3. The summed E-state index contributed by atoms with van der Waals surface area (Å²) in [4.78, 5) is 37.8. The first-order chi connectivity index (χ1) is 18.1. The van der Waals surface area contributed by atoms with E-state index in [9.17, 15) is 4.79 Å².